The van der Waals surface area contributed by atoms with E-state index in [1.807, 2.05) is 75.4 Å². The van der Waals surface area contributed by atoms with Gasteiger partial charge in [0.15, 0.2) is 11.5 Å². The van der Waals surface area contributed by atoms with Crippen LogP contribution in [0.3, 0.4) is 0 Å². The van der Waals surface area contributed by atoms with Gasteiger partial charge in [-0.3, -0.25) is 13.9 Å². The Balaban J connectivity index is 1.89. The Morgan fingerprint density at radius 3 is 2.08 bits per heavy atom. The maximum atomic E-state index is 14.8. The Hall–Kier alpha value is -4.74. The van der Waals surface area contributed by atoms with Gasteiger partial charge in [-0.05, 0) is 67.8 Å². The number of amides is 2. The van der Waals surface area contributed by atoms with Crippen molar-refractivity contribution in [2.45, 2.75) is 50.7 Å². The van der Waals surface area contributed by atoms with Crippen molar-refractivity contribution in [1.29, 1.82) is 0 Å². The SMILES string of the molecule is COc1ccc(S(=O)(=O)N(CC(=O)N(Cc2ccccc2C)[C@H](Cc2ccccc2)C(=O)NC(C)C)c2cc(Cl)ccc2OC)cc1OC. The number of methoxy groups -OCH3 is 3. The summed E-state index contributed by atoms with van der Waals surface area (Å²) in [4.78, 5) is 30.0. The molecule has 1 atom stereocenters. The van der Waals surface area contributed by atoms with E-state index < -0.39 is 28.5 Å². The molecule has 0 heterocycles. The molecule has 0 bridgehead atoms. The van der Waals surface area contributed by atoms with Crippen molar-refractivity contribution in [2.75, 3.05) is 32.2 Å². The van der Waals surface area contributed by atoms with E-state index in [2.05, 4.69) is 5.32 Å². The van der Waals surface area contributed by atoms with Gasteiger partial charge in [0.05, 0.1) is 31.9 Å². The summed E-state index contributed by atoms with van der Waals surface area (Å²) >= 11 is 6.39. The van der Waals surface area contributed by atoms with Crippen LogP contribution in [0, 0.1) is 6.92 Å². The maximum Gasteiger partial charge on any atom is 0.265 e. The van der Waals surface area contributed by atoms with E-state index in [4.69, 9.17) is 25.8 Å². The molecule has 2 amide bonds. The number of aryl methyl sites for hydroxylation is 1. The number of hydrogen-bond donors (Lipinski definition) is 1. The first-order valence-electron chi connectivity index (χ1n) is 15.7. The number of sulfonamides is 1. The van der Waals surface area contributed by atoms with Crippen molar-refractivity contribution in [3.05, 3.63) is 113 Å². The maximum absolute atomic E-state index is 14.8. The molecule has 1 N–H and O–H groups in total. The van der Waals surface area contributed by atoms with E-state index in [-0.39, 0.29) is 52.0 Å². The third kappa shape index (κ3) is 9.04. The lowest BCUT2D eigenvalue weighted by atomic mass is 10.0. The van der Waals surface area contributed by atoms with Crippen LogP contribution < -0.4 is 23.8 Å². The fourth-order valence-electron chi connectivity index (χ4n) is 5.38. The van der Waals surface area contributed by atoms with Crippen molar-refractivity contribution in [3.63, 3.8) is 0 Å². The van der Waals surface area contributed by atoms with Crippen LogP contribution in [0.4, 0.5) is 5.69 Å². The first kappa shape index (κ1) is 37.1. The molecule has 0 saturated carbocycles. The van der Waals surface area contributed by atoms with Gasteiger partial charge < -0.3 is 24.4 Å². The minimum Gasteiger partial charge on any atom is -0.495 e. The molecule has 0 aliphatic heterocycles. The zero-order valence-electron chi connectivity index (χ0n) is 28.5. The summed E-state index contributed by atoms with van der Waals surface area (Å²) in [5.74, 6) is -0.300. The van der Waals surface area contributed by atoms with Gasteiger partial charge in [0.1, 0.15) is 18.3 Å². The molecule has 4 aromatic carbocycles. The lowest BCUT2D eigenvalue weighted by Gasteiger charge is -2.34. The van der Waals surface area contributed by atoms with E-state index in [0.717, 1.165) is 21.0 Å². The number of nitrogens with one attached hydrogen (secondary N) is 1. The molecule has 0 fully saturated rings. The topological polar surface area (TPSA) is 114 Å². The molecule has 260 valence electrons. The minimum atomic E-state index is -4.48. The fourth-order valence-corrected chi connectivity index (χ4v) is 6.98. The van der Waals surface area contributed by atoms with Gasteiger partial charge in [0.25, 0.3) is 10.0 Å². The van der Waals surface area contributed by atoms with Gasteiger partial charge in [-0.15, -0.1) is 0 Å². The number of rotatable bonds is 15. The molecule has 0 radical (unpaired) electrons. The minimum absolute atomic E-state index is 0.0419. The summed E-state index contributed by atoms with van der Waals surface area (Å²) in [6.45, 7) is 4.97. The summed E-state index contributed by atoms with van der Waals surface area (Å²) in [5.41, 5.74) is 2.59. The molecular formula is C37H42ClN3O7S. The molecule has 0 spiro atoms. The lowest BCUT2D eigenvalue weighted by molar-refractivity contribution is -0.140. The Bertz CT molecular complexity index is 1870. The number of carbonyl (C=O) groups excluding carboxylic acids is 2. The smallest absolute Gasteiger partial charge is 0.265 e. The van der Waals surface area contributed by atoms with Crippen LogP contribution in [0.1, 0.15) is 30.5 Å². The van der Waals surface area contributed by atoms with Gasteiger partial charge in [0, 0.05) is 30.1 Å². The van der Waals surface area contributed by atoms with Gasteiger partial charge in [-0.2, -0.15) is 0 Å². The van der Waals surface area contributed by atoms with Crippen LogP contribution in [0.2, 0.25) is 5.02 Å². The highest BCUT2D eigenvalue weighted by atomic mass is 35.5. The predicted molar refractivity (Wildman–Crippen MR) is 191 cm³/mol. The molecule has 12 heteroatoms. The lowest BCUT2D eigenvalue weighted by Crippen LogP contribution is -2.54. The van der Waals surface area contributed by atoms with Crippen LogP contribution in [0.25, 0.3) is 0 Å². The number of carbonyl (C=O) groups is 2. The molecular weight excluding hydrogens is 666 g/mol. The first-order valence-corrected chi connectivity index (χ1v) is 17.5. The average molecular weight is 708 g/mol. The van der Waals surface area contributed by atoms with Crippen LogP contribution in [0.15, 0.2) is 95.9 Å². The van der Waals surface area contributed by atoms with Crippen molar-refractivity contribution in [2.24, 2.45) is 0 Å². The first-order chi connectivity index (χ1) is 23.4. The third-order valence-electron chi connectivity index (χ3n) is 7.94. The molecule has 49 heavy (non-hydrogen) atoms. The zero-order valence-corrected chi connectivity index (χ0v) is 30.0. The zero-order chi connectivity index (χ0) is 35.7. The monoisotopic (exact) mass is 707 g/mol. The summed E-state index contributed by atoms with van der Waals surface area (Å²) in [7, 11) is -0.249. The average Bonchev–Trinajstić information content (AvgIpc) is 3.09. The summed E-state index contributed by atoms with van der Waals surface area (Å²) in [6, 6.07) is 24.4. The van der Waals surface area contributed by atoms with Crippen molar-refractivity contribution in [1.82, 2.24) is 10.2 Å². The van der Waals surface area contributed by atoms with Gasteiger partial charge in [-0.1, -0.05) is 66.2 Å². The third-order valence-corrected chi connectivity index (χ3v) is 9.93. The van der Waals surface area contributed by atoms with Crippen molar-refractivity contribution < 1.29 is 32.2 Å². The standard InChI is InChI=1S/C37H42ClN3O7S/c1-25(2)39-37(43)32(20-27-13-8-7-9-14-27)40(23-28-15-11-10-12-26(28)3)36(42)24-41(31-21-29(38)16-18-33(31)46-4)49(44,45)30-17-19-34(47-5)35(22-30)48-6/h7-19,21-22,25,32H,20,23-24H2,1-6H3,(H,39,43)/t32-/m1/s1. The number of anilines is 1. The van der Waals surface area contributed by atoms with Crippen LogP contribution >= 0.6 is 11.6 Å². The second-order valence-electron chi connectivity index (χ2n) is 11.7. The summed E-state index contributed by atoms with van der Waals surface area (Å²) in [6.07, 6.45) is 0.194. The van der Waals surface area contributed by atoms with Crippen LogP contribution in [0.5, 0.6) is 17.2 Å². The van der Waals surface area contributed by atoms with Crippen LogP contribution in [-0.2, 0) is 32.6 Å². The molecule has 0 unspecified atom stereocenters. The van der Waals surface area contributed by atoms with Gasteiger partial charge in [-0.25, -0.2) is 8.42 Å². The second kappa shape index (κ2) is 16.6. The highest BCUT2D eigenvalue weighted by Gasteiger charge is 2.36. The largest absolute Gasteiger partial charge is 0.495 e. The van der Waals surface area contributed by atoms with E-state index in [1.165, 1.54) is 56.6 Å². The van der Waals surface area contributed by atoms with Crippen molar-refractivity contribution >= 4 is 39.1 Å². The number of nitrogens with zero attached hydrogens (tertiary/aromatic N) is 2. The molecule has 0 aromatic heterocycles. The molecule has 0 aliphatic carbocycles. The van der Waals surface area contributed by atoms with Crippen molar-refractivity contribution in [3.8, 4) is 17.2 Å². The van der Waals surface area contributed by atoms with E-state index >= 15 is 0 Å². The highest BCUT2D eigenvalue weighted by Crippen LogP contribution is 2.37. The quantitative estimate of drug-likeness (QED) is 0.160. The van der Waals surface area contributed by atoms with E-state index in [0.29, 0.717) is 5.75 Å². The fraction of sp³-hybridized carbons (Fsp3) is 0.297. The van der Waals surface area contributed by atoms with E-state index in [9.17, 15) is 18.0 Å². The molecule has 0 aliphatic rings. The Morgan fingerprint density at radius 1 is 0.816 bits per heavy atom. The van der Waals surface area contributed by atoms with Gasteiger partial charge in [0.2, 0.25) is 11.8 Å². The normalized spacial score (nSPS) is 11.8. The number of ether oxygens (including phenoxy) is 3. The molecule has 10 nitrogen and oxygen atoms in total. The Labute approximate surface area is 293 Å². The number of halogens is 1. The van der Waals surface area contributed by atoms with Crippen LogP contribution in [-0.4, -0.2) is 65.1 Å². The van der Waals surface area contributed by atoms with E-state index in [1.54, 1.807) is 6.07 Å². The van der Waals surface area contributed by atoms with Gasteiger partial charge >= 0.3 is 0 Å². The predicted octanol–water partition coefficient (Wildman–Crippen LogP) is 6.03. The Kier molecular flexibility index (Phi) is 12.5. The highest BCUT2D eigenvalue weighted by molar-refractivity contribution is 7.92. The molecule has 4 rings (SSSR count). The summed E-state index contributed by atoms with van der Waals surface area (Å²) < 4.78 is 46.4. The Morgan fingerprint density at radius 2 is 1.45 bits per heavy atom. The molecule has 4 aromatic rings. The second-order valence-corrected chi connectivity index (χ2v) is 14.0. The number of hydrogen-bond acceptors (Lipinski definition) is 7. The molecule has 0 saturated heterocycles. The summed E-state index contributed by atoms with van der Waals surface area (Å²) in [5, 5.41) is 3.19. The number of benzene rings is 4.